The molecule has 0 fully saturated rings. The van der Waals surface area contributed by atoms with Gasteiger partial charge < -0.3 is 9.29 Å². The second kappa shape index (κ2) is 8.35. The van der Waals surface area contributed by atoms with Crippen molar-refractivity contribution in [2.75, 3.05) is 7.11 Å². The molecule has 1 N–H and O–H groups in total. The molecule has 27 heavy (non-hydrogen) atoms. The van der Waals surface area contributed by atoms with Gasteiger partial charge in [-0.3, -0.25) is 4.79 Å². The third-order valence-corrected chi connectivity index (χ3v) is 7.44. The zero-order chi connectivity index (χ0) is 20.4. The van der Waals surface area contributed by atoms with Gasteiger partial charge in [0, 0.05) is 21.1 Å². The summed E-state index contributed by atoms with van der Waals surface area (Å²) in [6.07, 6.45) is 0. The predicted molar refractivity (Wildman–Crippen MR) is 114 cm³/mol. The molecule has 6 heteroatoms. The zero-order valence-corrected chi connectivity index (χ0v) is 18.7. The van der Waals surface area contributed by atoms with Gasteiger partial charge in [0.15, 0.2) is 0 Å². The molecule has 1 aromatic carbocycles. The average molecular weight is 408 g/mol. The van der Waals surface area contributed by atoms with Crippen LogP contribution in [0.1, 0.15) is 58.0 Å². The van der Waals surface area contributed by atoms with E-state index in [-0.39, 0.29) is 16.8 Å². The van der Waals surface area contributed by atoms with Crippen LogP contribution >= 0.6 is 11.3 Å². The summed E-state index contributed by atoms with van der Waals surface area (Å²) in [7, 11) is 1.42. The Morgan fingerprint density at radius 3 is 2.37 bits per heavy atom. The highest BCUT2D eigenvalue weighted by Gasteiger charge is 2.33. The molecule has 0 aliphatic carbocycles. The van der Waals surface area contributed by atoms with Crippen molar-refractivity contribution in [3.05, 3.63) is 46.8 Å². The number of rotatable bonds is 6. The number of ether oxygens (including phenoxy) is 1. The first kappa shape index (κ1) is 22.0. The van der Waals surface area contributed by atoms with Crippen LogP contribution in [0.25, 0.3) is 10.4 Å². The van der Waals surface area contributed by atoms with Crippen LogP contribution in [0, 0.1) is 0 Å². The van der Waals surface area contributed by atoms with Crippen LogP contribution in [0.3, 0.4) is 0 Å². The lowest BCUT2D eigenvalue weighted by Crippen LogP contribution is -2.40. The molecule has 4 nitrogen and oxygen atoms in total. The molecular formula is C21H29NO3S2. The van der Waals surface area contributed by atoms with E-state index in [0.29, 0.717) is 0 Å². The fourth-order valence-corrected chi connectivity index (χ4v) is 4.66. The minimum atomic E-state index is -1.13. The molecule has 0 aliphatic heterocycles. The first-order valence-corrected chi connectivity index (χ1v) is 10.9. The quantitative estimate of drug-likeness (QED) is 0.542. The minimum absolute atomic E-state index is 0.0235. The summed E-state index contributed by atoms with van der Waals surface area (Å²) < 4.78 is 20.2. The first-order chi connectivity index (χ1) is 12.5. The molecule has 1 aromatic heterocycles. The van der Waals surface area contributed by atoms with Gasteiger partial charge in [0.25, 0.3) is 0 Å². The smallest absolute Gasteiger partial charge is 0.315 e. The van der Waals surface area contributed by atoms with Crippen molar-refractivity contribution in [3.63, 3.8) is 0 Å². The third kappa shape index (κ3) is 4.93. The van der Waals surface area contributed by atoms with Crippen molar-refractivity contribution < 1.29 is 14.1 Å². The minimum Gasteiger partial charge on any atom is -0.598 e. The molecule has 0 aliphatic rings. The maximum Gasteiger partial charge on any atom is 0.315 e. The zero-order valence-electron chi connectivity index (χ0n) is 17.1. The van der Waals surface area contributed by atoms with Crippen molar-refractivity contribution >= 4 is 28.7 Å². The summed E-state index contributed by atoms with van der Waals surface area (Å²) >= 11 is 0.514. The highest BCUT2D eigenvalue weighted by atomic mass is 32.2. The number of benzene rings is 1. The molecule has 2 atom stereocenters. The second-order valence-corrected chi connectivity index (χ2v) is 11.2. The fourth-order valence-electron chi connectivity index (χ4n) is 2.73. The fraction of sp³-hybridized carbons (Fsp3) is 0.476. The topological polar surface area (TPSA) is 61.4 Å². The molecule has 0 saturated heterocycles. The molecule has 1 heterocycles. The normalized spacial score (nSPS) is 14.7. The van der Waals surface area contributed by atoms with Gasteiger partial charge in [-0.15, -0.1) is 16.1 Å². The van der Waals surface area contributed by atoms with E-state index >= 15 is 0 Å². The number of carbonyl (C=O) groups is 1. The highest BCUT2D eigenvalue weighted by Crippen LogP contribution is 2.38. The number of methoxy groups -OCH3 is 1. The largest absolute Gasteiger partial charge is 0.598 e. The standard InChI is InChI=1S/C21H29NO3S2/c1-14(22-27(24)20(2,3)4)17-12-13-18(26-17)15-10-8-9-11-16(15)21(5,6)19(23)25-7/h8-14,22H,1-7H3. The molecule has 0 bridgehead atoms. The van der Waals surface area contributed by atoms with E-state index in [1.807, 2.05) is 65.8 Å². The average Bonchev–Trinajstić information content (AvgIpc) is 3.10. The maximum absolute atomic E-state index is 12.4. The molecule has 0 saturated carbocycles. The van der Waals surface area contributed by atoms with Crippen molar-refractivity contribution in [2.45, 2.75) is 57.7 Å². The first-order valence-electron chi connectivity index (χ1n) is 8.94. The van der Waals surface area contributed by atoms with E-state index in [9.17, 15) is 9.35 Å². The Balaban J connectivity index is 2.33. The Morgan fingerprint density at radius 1 is 1.15 bits per heavy atom. The van der Waals surface area contributed by atoms with Crippen LogP contribution in [0.4, 0.5) is 0 Å². The van der Waals surface area contributed by atoms with Gasteiger partial charge in [0.2, 0.25) is 0 Å². The van der Waals surface area contributed by atoms with Gasteiger partial charge in [0.05, 0.1) is 18.6 Å². The van der Waals surface area contributed by atoms with Crippen LogP contribution in [0.5, 0.6) is 0 Å². The van der Waals surface area contributed by atoms with Gasteiger partial charge in [-0.05, 0) is 64.8 Å². The van der Waals surface area contributed by atoms with Gasteiger partial charge >= 0.3 is 5.97 Å². The van der Waals surface area contributed by atoms with Gasteiger partial charge in [-0.25, -0.2) is 0 Å². The number of hydrogen-bond donors (Lipinski definition) is 1. The Hall–Kier alpha value is -1.34. The molecule has 2 rings (SSSR count). The van der Waals surface area contributed by atoms with Crippen LogP contribution < -0.4 is 4.72 Å². The van der Waals surface area contributed by atoms with Gasteiger partial charge in [0.1, 0.15) is 4.75 Å². The number of esters is 1. The van der Waals surface area contributed by atoms with Gasteiger partial charge in [-0.1, -0.05) is 24.3 Å². The van der Waals surface area contributed by atoms with Crippen molar-refractivity contribution in [1.82, 2.24) is 4.72 Å². The molecule has 0 spiro atoms. The van der Waals surface area contributed by atoms with E-state index in [1.54, 1.807) is 11.3 Å². The molecule has 2 aromatic rings. The van der Waals surface area contributed by atoms with E-state index in [1.165, 1.54) is 7.11 Å². The highest BCUT2D eigenvalue weighted by molar-refractivity contribution is 7.90. The predicted octanol–water partition coefficient (Wildman–Crippen LogP) is 4.98. The Kier molecular flexibility index (Phi) is 6.79. The summed E-state index contributed by atoms with van der Waals surface area (Å²) in [4.78, 5) is 14.5. The van der Waals surface area contributed by atoms with E-state index in [4.69, 9.17) is 4.74 Å². The van der Waals surface area contributed by atoms with Gasteiger partial charge in [-0.2, -0.15) is 0 Å². The number of nitrogens with one attached hydrogen (secondary N) is 1. The number of carbonyl (C=O) groups excluding carboxylic acids is 1. The lowest BCUT2D eigenvalue weighted by Gasteiger charge is -2.26. The van der Waals surface area contributed by atoms with Crippen molar-refractivity contribution in [2.24, 2.45) is 0 Å². The Morgan fingerprint density at radius 2 is 1.78 bits per heavy atom. The molecule has 0 radical (unpaired) electrons. The second-order valence-electron chi connectivity index (χ2n) is 8.08. The summed E-state index contributed by atoms with van der Waals surface area (Å²) in [5.41, 5.74) is 1.21. The van der Waals surface area contributed by atoms with Crippen LogP contribution in [0.15, 0.2) is 36.4 Å². The third-order valence-electron chi connectivity index (χ3n) is 4.46. The van der Waals surface area contributed by atoms with E-state index < -0.39 is 16.8 Å². The molecule has 148 valence electrons. The maximum atomic E-state index is 12.4. The van der Waals surface area contributed by atoms with E-state index in [2.05, 4.69) is 16.9 Å². The van der Waals surface area contributed by atoms with Crippen molar-refractivity contribution in [3.8, 4) is 10.4 Å². The van der Waals surface area contributed by atoms with Crippen molar-refractivity contribution in [1.29, 1.82) is 0 Å². The van der Waals surface area contributed by atoms with Crippen LogP contribution in [-0.4, -0.2) is 22.4 Å². The SMILES string of the molecule is COC(=O)C(C)(C)c1ccccc1-c1ccc(C(C)N[S+]([O-])C(C)(C)C)s1. The summed E-state index contributed by atoms with van der Waals surface area (Å²) in [5, 5.41) is 0. The van der Waals surface area contributed by atoms with E-state index in [0.717, 1.165) is 20.9 Å². The monoisotopic (exact) mass is 407 g/mol. The molecular weight excluding hydrogens is 378 g/mol. The lowest BCUT2D eigenvalue weighted by atomic mass is 9.81. The lowest BCUT2D eigenvalue weighted by molar-refractivity contribution is -0.146. The van der Waals surface area contributed by atoms with Crippen LogP contribution in [0.2, 0.25) is 0 Å². The number of hydrogen-bond acceptors (Lipinski definition) is 5. The Bertz CT molecular complexity index is 793. The summed E-state index contributed by atoms with van der Waals surface area (Å²) in [6.45, 7) is 11.6. The molecule has 0 amide bonds. The summed E-state index contributed by atoms with van der Waals surface area (Å²) in [5.74, 6) is -0.262. The summed E-state index contributed by atoms with van der Waals surface area (Å²) in [6, 6.07) is 12.0. The molecule has 2 unspecified atom stereocenters. The van der Waals surface area contributed by atoms with Crippen LogP contribution in [-0.2, 0) is 26.3 Å². The number of thiophene rings is 1. The Labute approximate surface area is 169 Å².